The van der Waals surface area contributed by atoms with Gasteiger partial charge in [0.2, 0.25) is 0 Å². The summed E-state index contributed by atoms with van der Waals surface area (Å²) in [5, 5.41) is 0.674. The predicted octanol–water partition coefficient (Wildman–Crippen LogP) is 3.90. The van der Waals surface area contributed by atoms with Gasteiger partial charge in [0.05, 0.1) is 0 Å². The van der Waals surface area contributed by atoms with Gasteiger partial charge in [-0.05, 0) is 61.9 Å². The van der Waals surface area contributed by atoms with Gasteiger partial charge >= 0.3 is 0 Å². The number of carbonyl (C=O) groups excluding carboxylic acids is 1. The first-order valence-electron chi connectivity index (χ1n) is 8.66. The standard InChI is InChI=1S/C20H22ClFN2O2/c1-14-13-18(7-8-19(14)21)26-15(2)20(25)24-11-9-23(10-12-24)17-5-3-16(22)4-6-17/h3-8,13,15H,9-12H2,1-2H3/t15-/m1/s1. The minimum Gasteiger partial charge on any atom is -0.481 e. The molecular weight excluding hydrogens is 355 g/mol. The minimum atomic E-state index is -0.562. The molecule has 0 saturated carbocycles. The van der Waals surface area contributed by atoms with Crippen LogP contribution in [0.15, 0.2) is 42.5 Å². The molecule has 1 atom stereocenters. The number of hydrogen-bond donors (Lipinski definition) is 0. The first-order chi connectivity index (χ1) is 12.4. The zero-order chi connectivity index (χ0) is 18.7. The van der Waals surface area contributed by atoms with E-state index in [1.165, 1.54) is 12.1 Å². The van der Waals surface area contributed by atoms with E-state index in [2.05, 4.69) is 4.90 Å². The average Bonchev–Trinajstić information content (AvgIpc) is 2.65. The fraction of sp³-hybridized carbons (Fsp3) is 0.350. The van der Waals surface area contributed by atoms with Crippen LogP contribution in [0.5, 0.6) is 5.75 Å². The van der Waals surface area contributed by atoms with Gasteiger partial charge < -0.3 is 14.5 Å². The molecular formula is C20H22ClFN2O2. The number of amides is 1. The first kappa shape index (κ1) is 18.5. The van der Waals surface area contributed by atoms with Gasteiger partial charge in [0.25, 0.3) is 5.91 Å². The lowest BCUT2D eigenvalue weighted by Gasteiger charge is -2.37. The van der Waals surface area contributed by atoms with E-state index in [0.717, 1.165) is 11.3 Å². The Morgan fingerprint density at radius 2 is 1.77 bits per heavy atom. The van der Waals surface area contributed by atoms with Gasteiger partial charge in [-0.15, -0.1) is 0 Å². The maximum atomic E-state index is 13.0. The highest BCUT2D eigenvalue weighted by atomic mass is 35.5. The van der Waals surface area contributed by atoms with Crippen molar-refractivity contribution in [3.8, 4) is 5.75 Å². The van der Waals surface area contributed by atoms with E-state index >= 15 is 0 Å². The van der Waals surface area contributed by atoms with Gasteiger partial charge in [-0.3, -0.25) is 4.79 Å². The summed E-state index contributed by atoms with van der Waals surface area (Å²) in [5.41, 5.74) is 1.89. The third kappa shape index (κ3) is 4.28. The van der Waals surface area contributed by atoms with E-state index in [4.69, 9.17) is 16.3 Å². The Bertz CT molecular complexity index is 774. The topological polar surface area (TPSA) is 32.8 Å². The fourth-order valence-electron chi connectivity index (χ4n) is 3.04. The van der Waals surface area contributed by atoms with Crippen LogP contribution >= 0.6 is 11.6 Å². The van der Waals surface area contributed by atoms with Gasteiger partial charge in [0.15, 0.2) is 6.10 Å². The maximum Gasteiger partial charge on any atom is 0.263 e. The highest BCUT2D eigenvalue weighted by molar-refractivity contribution is 6.31. The summed E-state index contributed by atoms with van der Waals surface area (Å²) in [6.07, 6.45) is -0.562. The number of carbonyl (C=O) groups is 1. The van der Waals surface area contributed by atoms with E-state index in [0.29, 0.717) is 37.0 Å². The Kier molecular flexibility index (Phi) is 5.67. The number of rotatable bonds is 4. The van der Waals surface area contributed by atoms with Crippen LogP contribution in [0.4, 0.5) is 10.1 Å². The molecule has 0 N–H and O–H groups in total. The molecule has 1 aliphatic heterocycles. The molecule has 26 heavy (non-hydrogen) atoms. The number of aryl methyl sites for hydroxylation is 1. The molecule has 0 unspecified atom stereocenters. The monoisotopic (exact) mass is 376 g/mol. The summed E-state index contributed by atoms with van der Waals surface area (Å²) in [6, 6.07) is 11.8. The number of benzene rings is 2. The zero-order valence-corrected chi connectivity index (χ0v) is 15.7. The summed E-state index contributed by atoms with van der Waals surface area (Å²) in [5.74, 6) is 0.361. The molecule has 4 nitrogen and oxygen atoms in total. The second-order valence-electron chi connectivity index (χ2n) is 6.46. The van der Waals surface area contributed by atoms with Crippen molar-refractivity contribution in [3.05, 3.63) is 58.9 Å². The van der Waals surface area contributed by atoms with E-state index < -0.39 is 6.10 Å². The lowest BCUT2D eigenvalue weighted by atomic mass is 10.2. The third-order valence-electron chi connectivity index (χ3n) is 4.57. The van der Waals surface area contributed by atoms with Gasteiger partial charge in [-0.2, -0.15) is 0 Å². The molecule has 0 radical (unpaired) electrons. The third-order valence-corrected chi connectivity index (χ3v) is 5.00. The number of hydrogen-bond acceptors (Lipinski definition) is 3. The van der Waals surface area contributed by atoms with Crippen molar-refractivity contribution < 1.29 is 13.9 Å². The van der Waals surface area contributed by atoms with E-state index in [1.807, 2.05) is 17.9 Å². The number of anilines is 1. The molecule has 0 aliphatic carbocycles. The molecule has 2 aromatic carbocycles. The van der Waals surface area contributed by atoms with Crippen LogP contribution in [0, 0.1) is 12.7 Å². The summed E-state index contributed by atoms with van der Waals surface area (Å²) in [7, 11) is 0. The summed E-state index contributed by atoms with van der Waals surface area (Å²) >= 11 is 6.02. The second-order valence-corrected chi connectivity index (χ2v) is 6.87. The molecule has 0 spiro atoms. The highest BCUT2D eigenvalue weighted by Crippen LogP contribution is 2.23. The molecule has 0 aromatic heterocycles. The van der Waals surface area contributed by atoms with Crippen LogP contribution in [0.25, 0.3) is 0 Å². The van der Waals surface area contributed by atoms with Crippen molar-refractivity contribution in [2.45, 2.75) is 20.0 Å². The summed E-state index contributed by atoms with van der Waals surface area (Å²) < 4.78 is 18.8. The smallest absolute Gasteiger partial charge is 0.263 e. The average molecular weight is 377 g/mol. The summed E-state index contributed by atoms with van der Waals surface area (Å²) in [6.45, 7) is 6.32. The van der Waals surface area contributed by atoms with Gasteiger partial charge in [-0.1, -0.05) is 11.6 Å². The van der Waals surface area contributed by atoms with Crippen LogP contribution < -0.4 is 9.64 Å². The first-order valence-corrected chi connectivity index (χ1v) is 9.04. The molecule has 6 heteroatoms. The Morgan fingerprint density at radius 1 is 1.12 bits per heavy atom. The van der Waals surface area contributed by atoms with Crippen molar-refractivity contribution in [2.24, 2.45) is 0 Å². The number of piperazine rings is 1. The fourth-order valence-corrected chi connectivity index (χ4v) is 3.16. The normalized spacial score (nSPS) is 15.7. The van der Waals surface area contributed by atoms with Crippen molar-refractivity contribution >= 4 is 23.2 Å². The number of nitrogens with zero attached hydrogens (tertiary/aromatic N) is 2. The summed E-state index contributed by atoms with van der Waals surface area (Å²) in [4.78, 5) is 16.6. The van der Waals surface area contributed by atoms with Gasteiger partial charge in [-0.25, -0.2) is 4.39 Å². The van der Waals surface area contributed by atoms with Crippen LogP contribution in [0.1, 0.15) is 12.5 Å². The van der Waals surface area contributed by atoms with E-state index in [1.54, 1.807) is 31.2 Å². The van der Waals surface area contributed by atoms with Crippen LogP contribution in [0.2, 0.25) is 5.02 Å². The lowest BCUT2D eigenvalue weighted by molar-refractivity contribution is -0.138. The molecule has 1 heterocycles. The predicted molar refractivity (Wildman–Crippen MR) is 101 cm³/mol. The minimum absolute atomic E-state index is 0.0311. The molecule has 2 aromatic rings. The Morgan fingerprint density at radius 3 is 2.38 bits per heavy atom. The van der Waals surface area contributed by atoms with E-state index in [-0.39, 0.29) is 11.7 Å². The maximum absolute atomic E-state index is 13.0. The molecule has 1 saturated heterocycles. The number of halogens is 2. The van der Waals surface area contributed by atoms with Crippen LogP contribution in [-0.4, -0.2) is 43.1 Å². The van der Waals surface area contributed by atoms with Crippen LogP contribution in [-0.2, 0) is 4.79 Å². The molecule has 138 valence electrons. The molecule has 1 amide bonds. The van der Waals surface area contributed by atoms with Gasteiger partial charge in [0, 0.05) is 36.9 Å². The Hall–Kier alpha value is -2.27. The number of ether oxygens (including phenoxy) is 1. The van der Waals surface area contributed by atoms with Crippen molar-refractivity contribution in [2.75, 3.05) is 31.1 Å². The largest absolute Gasteiger partial charge is 0.481 e. The Balaban J connectivity index is 1.55. The van der Waals surface area contributed by atoms with E-state index in [9.17, 15) is 9.18 Å². The highest BCUT2D eigenvalue weighted by Gasteiger charge is 2.26. The van der Waals surface area contributed by atoms with Crippen molar-refractivity contribution in [1.82, 2.24) is 4.90 Å². The quantitative estimate of drug-likeness (QED) is 0.811. The SMILES string of the molecule is Cc1cc(O[C@H](C)C(=O)N2CCN(c3ccc(F)cc3)CC2)ccc1Cl. The molecule has 3 rings (SSSR count). The van der Waals surface area contributed by atoms with Crippen molar-refractivity contribution in [3.63, 3.8) is 0 Å². The molecule has 1 aliphatic rings. The molecule has 1 fully saturated rings. The second kappa shape index (κ2) is 7.96. The van der Waals surface area contributed by atoms with Gasteiger partial charge in [0.1, 0.15) is 11.6 Å². The van der Waals surface area contributed by atoms with Crippen LogP contribution in [0.3, 0.4) is 0 Å². The Labute approximate surface area is 158 Å². The molecule has 0 bridgehead atoms. The lowest BCUT2D eigenvalue weighted by Crippen LogP contribution is -2.52. The zero-order valence-electron chi connectivity index (χ0n) is 14.9. The van der Waals surface area contributed by atoms with Crippen molar-refractivity contribution in [1.29, 1.82) is 0 Å².